The fourth-order valence-electron chi connectivity index (χ4n) is 3.24. The van der Waals surface area contributed by atoms with Gasteiger partial charge in [0.15, 0.2) is 12.7 Å². The molecule has 3 heteroatoms. The third-order valence-corrected chi connectivity index (χ3v) is 4.43. The highest BCUT2D eigenvalue weighted by atomic mass is 14.9. The summed E-state index contributed by atoms with van der Waals surface area (Å²) in [7, 11) is 0. The van der Waals surface area contributed by atoms with Gasteiger partial charge in [-0.1, -0.05) is 42.5 Å². The molecule has 3 nitrogen and oxygen atoms in total. The summed E-state index contributed by atoms with van der Waals surface area (Å²) >= 11 is 0. The van der Waals surface area contributed by atoms with Gasteiger partial charge >= 0.3 is 0 Å². The minimum atomic E-state index is 0.521. The Morgan fingerprint density at radius 2 is 1.67 bits per heavy atom. The standard InChI is InChI=1S/C21H16N3/c22-13-19-18-9-4-12-24(21(18)11-10-20(19)23)14-16-7-3-6-15-5-1-2-8-17(15)16/h1-12H,14,23H2/q+1. The lowest BCUT2D eigenvalue weighted by molar-refractivity contribution is -0.662. The first-order valence-electron chi connectivity index (χ1n) is 7.85. The summed E-state index contributed by atoms with van der Waals surface area (Å²) in [5.41, 5.74) is 9.27. The Labute approximate surface area is 140 Å². The van der Waals surface area contributed by atoms with E-state index in [2.05, 4.69) is 53.1 Å². The molecule has 4 rings (SSSR count). The maximum atomic E-state index is 9.40. The van der Waals surface area contributed by atoms with Gasteiger partial charge in [0.25, 0.3) is 0 Å². The predicted octanol–water partition coefficient (Wildman–Crippen LogP) is 3.78. The first-order chi connectivity index (χ1) is 11.8. The van der Waals surface area contributed by atoms with Crippen molar-refractivity contribution in [3.8, 4) is 6.07 Å². The van der Waals surface area contributed by atoms with E-state index in [-0.39, 0.29) is 0 Å². The van der Waals surface area contributed by atoms with Gasteiger partial charge in [0.2, 0.25) is 5.52 Å². The number of benzene rings is 3. The smallest absolute Gasteiger partial charge is 0.214 e. The van der Waals surface area contributed by atoms with E-state index in [1.165, 1.54) is 16.3 Å². The lowest BCUT2D eigenvalue weighted by Crippen LogP contribution is -2.34. The average Bonchev–Trinajstić information content (AvgIpc) is 2.62. The minimum absolute atomic E-state index is 0.521. The maximum absolute atomic E-state index is 9.40. The largest absolute Gasteiger partial charge is 0.398 e. The Balaban J connectivity index is 1.90. The summed E-state index contributed by atoms with van der Waals surface area (Å²) in [6, 6.07) is 24.7. The van der Waals surface area contributed by atoms with E-state index in [0.29, 0.717) is 11.3 Å². The molecular weight excluding hydrogens is 294 g/mol. The third kappa shape index (κ3) is 2.26. The van der Waals surface area contributed by atoms with Gasteiger partial charge < -0.3 is 5.73 Å². The molecule has 0 saturated heterocycles. The van der Waals surface area contributed by atoms with E-state index in [9.17, 15) is 5.26 Å². The van der Waals surface area contributed by atoms with Gasteiger partial charge in [-0.2, -0.15) is 9.83 Å². The number of nitriles is 1. The number of nitrogens with zero attached hydrogens (tertiary/aromatic N) is 2. The average molecular weight is 310 g/mol. The number of hydrogen-bond donors (Lipinski definition) is 1. The van der Waals surface area contributed by atoms with Crippen molar-refractivity contribution in [1.29, 1.82) is 5.26 Å². The van der Waals surface area contributed by atoms with Gasteiger partial charge in [-0.15, -0.1) is 0 Å². The highest BCUT2D eigenvalue weighted by molar-refractivity contribution is 5.88. The number of fused-ring (bicyclic) bond motifs is 2. The van der Waals surface area contributed by atoms with E-state index in [4.69, 9.17) is 5.73 Å². The highest BCUT2D eigenvalue weighted by Crippen LogP contribution is 2.22. The van der Waals surface area contributed by atoms with Crippen molar-refractivity contribution in [2.24, 2.45) is 0 Å². The van der Waals surface area contributed by atoms with Crippen LogP contribution in [0.25, 0.3) is 21.7 Å². The molecule has 4 aromatic rings. The van der Waals surface area contributed by atoms with Crippen LogP contribution in [0.2, 0.25) is 0 Å². The summed E-state index contributed by atoms with van der Waals surface area (Å²) in [4.78, 5) is 0. The molecule has 0 radical (unpaired) electrons. The molecule has 1 aromatic heterocycles. The molecule has 3 aromatic carbocycles. The van der Waals surface area contributed by atoms with Crippen LogP contribution in [-0.4, -0.2) is 0 Å². The van der Waals surface area contributed by atoms with Gasteiger partial charge in [0.1, 0.15) is 6.07 Å². The van der Waals surface area contributed by atoms with Crippen molar-refractivity contribution in [1.82, 2.24) is 0 Å². The lowest BCUT2D eigenvalue weighted by Gasteiger charge is -2.07. The van der Waals surface area contributed by atoms with Crippen LogP contribution in [-0.2, 0) is 6.54 Å². The Morgan fingerprint density at radius 3 is 2.54 bits per heavy atom. The van der Waals surface area contributed by atoms with Gasteiger partial charge in [-0.05, 0) is 22.9 Å². The van der Waals surface area contributed by atoms with Crippen molar-refractivity contribution < 1.29 is 4.57 Å². The second-order valence-corrected chi connectivity index (χ2v) is 5.85. The van der Waals surface area contributed by atoms with Crippen molar-refractivity contribution >= 4 is 27.4 Å². The van der Waals surface area contributed by atoms with Crippen molar-refractivity contribution in [3.05, 3.63) is 84.1 Å². The quantitative estimate of drug-likeness (QED) is 0.452. The van der Waals surface area contributed by atoms with Crippen LogP contribution in [0.3, 0.4) is 0 Å². The summed E-state index contributed by atoms with van der Waals surface area (Å²) in [6.07, 6.45) is 2.04. The number of anilines is 1. The number of rotatable bonds is 2. The SMILES string of the molecule is N#Cc1c(N)ccc2c1ccc[n+]2Cc1cccc2ccccc12. The molecular formula is C21H16N3+. The van der Waals surface area contributed by atoms with E-state index >= 15 is 0 Å². The van der Waals surface area contributed by atoms with Gasteiger partial charge in [0, 0.05) is 17.7 Å². The zero-order valence-corrected chi connectivity index (χ0v) is 13.1. The molecule has 2 N–H and O–H groups in total. The van der Waals surface area contributed by atoms with Crippen molar-refractivity contribution in [2.45, 2.75) is 6.54 Å². The van der Waals surface area contributed by atoms with Crippen LogP contribution < -0.4 is 10.3 Å². The molecule has 0 atom stereocenters. The normalized spacial score (nSPS) is 10.8. The number of pyridine rings is 1. The molecule has 0 aliphatic rings. The topological polar surface area (TPSA) is 53.7 Å². The zero-order chi connectivity index (χ0) is 16.5. The van der Waals surface area contributed by atoms with Crippen LogP contribution >= 0.6 is 0 Å². The first kappa shape index (κ1) is 14.2. The fourth-order valence-corrected chi connectivity index (χ4v) is 3.24. The van der Waals surface area contributed by atoms with Crippen molar-refractivity contribution in [3.63, 3.8) is 0 Å². The van der Waals surface area contributed by atoms with Crippen LogP contribution in [0.15, 0.2) is 72.9 Å². The molecule has 0 aliphatic heterocycles. The molecule has 0 bridgehead atoms. The lowest BCUT2D eigenvalue weighted by atomic mass is 10.0. The number of hydrogen-bond acceptors (Lipinski definition) is 2. The van der Waals surface area contributed by atoms with Gasteiger partial charge in [0.05, 0.1) is 16.6 Å². The van der Waals surface area contributed by atoms with Crippen molar-refractivity contribution in [2.75, 3.05) is 5.73 Å². The highest BCUT2D eigenvalue weighted by Gasteiger charge is 2.15. The summed E-state index contributed by atoms with van der Waals surface area (Å²) in [5.74, 6) is 0. The summed E-state index contributed by atoms with van der Waals surface area (Å²) in [6.45, 7) is 0.744. The Morgan fingerprint density at radius 1 is 0.875 bits per heavy atom. The van der Waals surface area contributed by atoms with Crippen LogP contribution in [0.4, 0.5) is 5.69 Å². The molecule has 24 heavy (non-hydrogen) atoms. The number of nitrogens with two attached hydrogens (primary N) is 1. The molecule has 0 amide bonds. The first-order valence-corrected chi connectivity index (χ1v) is 7.85. The summed E-state index contributed by atoms with van der Waals surface area (Å²) < 4.78 is 2.16. The molecule has 1 heterocycles. The molecule has 0 saturated carbocycles. The molecule has 0 spiro atoms. The molecule has 0 fully saturated rings. The summed E-state index contributed by atoms with van der Waals surface area (Å²) in [5, 5.41) is 12.8. The molecule has 0 unspecified atom stereocenters. The second-order valence-electron chi connectivity index (χ2n) is 5.85. The van der Waals surface area contributed by atoms with E-state index in [1.54, 1.807) is 6.07 Å². The van der Waals surface area contributed by atoms with Gasteiger partial charge in [-0.25, -0.2) is 0 Å². The monoisotopic (exact) mass is 310 g/mol. The number of aromatic nitrogens is 1. The Bertz CT molecular complexity index is 1100. The Hall–Kier alpha value is -3.38. The number of nitrogen functional groups attached to an aromatic ring is 1. The fraction of sp³-hybridized carbons (Fsp3) is 0.0476. The van der Waals surface area contributed by atoms with E-state index < -0.39 is 0 Å². The molecule has 0 aliphatic carbocycles. The molecule has 114 valence electrons. The van der Waals surface area contributed by atoms with Crippen LogP contribution in [0.1, 0.15) is 11.1 Å². The van der Waals surface area contributed by atoms with Crippen LogP contribution in [0.5, 0.6) is 0 Å². The Kier molecular flexibility index (Phi) is 3.36. The van der Waals surface area contributed by atoms with E-state index in [0.717, 1.165) is 17.4 Å². The minimum Gasteiger partial charge on any atom is -0.398 e. The van der Waals surface area contributed by atoms with E-state index in [1.807, 2.05) is 24.4 Å². The third-order valence-electron chi connectivity index (χ3n) is 4.43. The van der Waals surface area contributed by atoms with Gasteiger partial charge in [-0.3, -0.25) is 0 Å². The van der Waals surface area contributed by atoms with Crippen LogP contribution in [0, 0.1) is 11.3 Å². The predicted molar refractivity (Wildman–Crippen MR) is 96.3 cm³/mol. The zero-order valence-electron chi connectivity index (χ0n) is 13.1. The second kappa shape index (κ2) is 5.68. The maximum Gasteiger partial charge on any atom is 0.214 e.